The highest BCUT2D eigenvalue weighted by Crippen LogP contribution is 2.77. The summed E-state index contributed by atoms with van der Waals surface area (Å²) >= 11 is 0. The van der Waals surface area contributed by atoms with E-state index in [1.807, 2.05) is 0 Å². The first kappa shape index (κ1) is 26.3. The van der Waals surface area contributed by atoms with E-state index in [0.29, 0.717) is 22.4 Å². The zero-order valence-corrected chi connectivity index (χ0v) is 23.2. The van der Waals surface area contributed by atoms with Crippen LogP contribution in [-0.4, -0.2) is 47.6 Å². The third-order valence-electron chi connectivity index (χ3n) is 9.26. The second kappa shape index (κ2) is 8.39. The van der Waals surface area contributed by atoms with Gasteiger partial charge in [0, 0.05) is 41.7 Å². The topological polar surface area (TPSA) is 169 Å². The number of hydrogen-bond acceptors (Lipinski definition) is 10. The van der Waals surface area contributed by atoms with E-state index >= 15 is 0 Å². The fourth-order valence-corrected chi connectivity index (χ4v) is 7.37. The number of carbonyl (C=O) groups excluding carboxylic acids is 1. The highest BCUT2D eigenvalue weighted by molar-refractivity contribution is 5.99. The molecule has 4 aromatic rings. The fraction of sp³-hybridized carbons (Fsp3) is 0.206. The van der Waals surface area contributed by atoms with Crippen LogP contribution in [0.3, 0.4) is 0 Å². The molecular weight excluding hydrogens is 568 g/mol. The summed E-state index contributed by atoms with van der Waals surface area (Å²) in [5.41, 5.74) is -0.901. The van der Waals surface area contributed by atoms with Gasteiger partial charge in [-0.3, -0.25) is 4.79 Å². The summed E-state index contributed by atoms with van der Waals surface area (Å²) in [4.78, 5) is 14.6. The van der Waals surface area contributed by atoms with Crippen LogP contribution in [0.5, 0.6) is 46.0 Å². The number of hydrogen-bond donors (Lipinski definition) is 6. The van der Waals surface area contributed by atoms with Crippen molar-refractivity contribution in [3.05, 3.63) is 94.5 Å². The van der Waals surface area contributed by atoms with Crippen molar-refractivity contribution in [2.75, 3.05) is 0 Å². The van der Waals surface area contributed by atoms with E-state index in [-0.39, 0.29) is 63.6 Å². The van der Waals surface area contributed by atoms with Crippen LogP contribution < -0.4 is 9.47 Å². The Kier molecular flexibility index (Phi) is 5.01. The molecule has 3 heterocycles. The number of epoxide rings is 1. The molecule has 3 aliphatic heterocycles. The van der Waals surface area contributed by atoms with Gasteiger partial charge in [-0.1, -0.05) is 12.2 Å². The summed E-state index contributed by atoms with van der Waals surface area (Å²) in [6.07, 6.45) is 3.38. The Morgan fingerprint density at radius 1 is 0.773 bits per heavy atom. The molecule has 8 rings (SSSR count). The average molecular weight is 595 g/mol. The van der Waals surface area contributed by atoms with Crippen LogP contribution in [0, 0.1) is 0 Å². The smallest absolute Gasteiger partial charge is 0.272 e. The van der Waals surface area contributed by atoms with Crippen molar-refractivity contribution in [3.63, 3.8) is 0 Å². The summed E-state index contributed by atoms with van der Waals surface area (Å²) in [5.74, 6) is -4.32. The van der Waals surface area contributed by atoms with Crippen molar-refractivity contribution in [2.45, 2.75) is 42.2 Å². The molecule has 0 aromatic heterocycles. The third-order valence-corrected chi connectivity index (χ3v) is 9.26. The maximum absolute atomic E-state index is 14.6. The quantitative estimate of drug-likeness (QED) is 0.139. The summed E-state index contributed by atoms with van der Waals surface area (Å²) in [6.45, 7) is 1.68. The SMILES string of the molecule is CC12CC(c3cc(O)cc(c3)O1)C13OC1(c1ccc(O)cc1O)Oc1cc(C=Cc4ccc(O)cc4O)cc(O)c1C3C2=O. The lowest BCUT2D eigenvalue weighted by atomic mass is 9.58. The Hall–Kier alpha value is -5.35. The first-order valence-electron chi connectivity index (χ1n) is 14.0. The molecular formula is C34H26O10. The number of phenols is 6. The lowest BCUT2D eigenvalue weighted by Gasteiger charge is -2.46. The Morgan fingerprint density at radius 2 is 1.52 bits per heavy atom. The van der Waals surface area contributed by atoms with Crippen molar-refractivity contribution in [1.29, 1.82) is 0 Å². The lowest BCUT2D eigenvalue weighted by molar-refractivity contribution is -0.143. The van der Waals surface area contributed by atoms with Crippen molar-refractivity contribution >= 4 is 17.9 Å². The van der Waals surface area contributed by atoms with E-state index in [1.54, 1.807) is 37.3 Å². The van der Waals surface area contributed by atoms with Crippen LogP contribution in [0.4, 0.5) is 0 Å². The van der Waals surface area contributed by atoms with Gasteiger partial charge >= 0.3 is 0 Å². The molecule has 0 amide bonds. The van der Waals surface area contributed by atoms with Crippen LogP contribution >= 0.6 is 0 Å². The molecule has 1 saturated carbocycles. The van der Waals surface area contributed by atoms with Crippen LogP contribution in [0.15, 0.2) is 66.7 Å². The molecule has 1 spiro atoms. The summed E-state index contributed by atoms with van der Waals surface area (Å²) in [6, 6.07) is 16.0. The zero-order chi connectivity index (χ0) is 30.8. The molecule has 6 N–H and O–H groups in total. The molecule has 1 aliphatic carbocycles. The number of rotatable bonds is 3. The maximum Gasteiger partial charge on any atom is 0.272 e. The molecule has 44 heavy (non-hydrogen) atoms. The minimum atomic E-state index is -1.70. The molecule has 222 valence electrons. The number of carbonyl (C=O) groups is 1. The van der Waals surface area contributed by atoms with Crippen LogP contribution in [0.25, 0.3) is 12.2 Å². The van der Waals surface area contributed by atoms with E-state index in [2.05, 4.69) is 0 Å². The number of benzene rings is 4. The van der Waals surface area contributed by atoms with E-state index < -0.39 is 28.8 Å². The Balaban J connectivity index is 1.34. The molecule has 10 heteroatoms. The maximum atomic E-state index is 14.6. The zero-order valence-electron chi connectivity index (χ0n) is 23.2. The van der Waals surface area contributed by atoms with Gasteiger partial charge in [0.25, 0.3) is 5.79 Å². The standard InChI is InChI=1S/C34H26O10/c1-32-15-24(18-10-21(37)12-22(11-18)42-32)33-30(31(32)41)29-27(40)8-16(2-3-17-4-5-19(35)13-25(17)38)9-28(29)43-34(33,44-33)23-7-6-20(36)14-26(23)39/h2-14,24,30,35-40H,15H2,1H3. The van der Waals surface area contributed by atoms with Crippen LogP contribution in [0.1, 0.15) is 53.0 Å². The molecule has 1 saturated heterocycles. The van der Waals surface area contributed by atoms with E-state index in [0.717, 1.165) is 6.07 Å². The third kappa shape index (κ3) is 3.37. The molecule has 4 bridgehead atoms. The minimum Gasteiger partial charge on any atom is -0.508 e. The van der Waals surface area contributed by atoms with Gasteiger partial charge < -0.3 is 44.8 Å². The number of fused-ring (bicyclic) bond motifs is 7. The Bertz CT molecular complexity index is 1970. The minimum absolute atomic E-state index is 0.0520. The fourth-order valence-electron chi connectivity index (χ4n) is 7.37. The normalized spacial score (nSPS) is 29.1. The van der Waals surface area contributed by atoms with Gasteiger partial charge in [0.15, 0.2) is 17.0 Å². The highest BCUT2D eigenvalue weighted by Gasteiger charge is 2.87. The van der Waals surface area contributed by atoms with E-state index in [9.17, 15) is 35.4 Å². The van der Waals surface area contributed by atoms with Crippen molar-refractivity contribution in [2.24, 2.45) is 0 Å². The predicted octanol–water partition coefficient (Wildman–Crippen LogP) is 5.10. The molecule has 2 fully saturated rings. The number of ketones is 1. The summed E-state index contributed by atoms with van der Waals surface area (Å²) in [5, 5.41) is 62.9. The van der Waals surface area contributed by atoms with E-state index in [4.69, 9.17) is 14.2 Å². The largest absolute Gasteiger partial charge is 0.508 e. The van der Waals surface area contributed by atoms with Gasteiger partial charge in [0.05, 0.1) is 11.5 Å². The second-order valence-electron chi connectivity index (χ2n) is 12.0. The molecule has 5 atom stereocenters. The first-order chi connectivity index (χ1) is 20.9. The van der Waals surface area contributed by atoms with Crippen molar-refractivity contribution in [3.8, 4) is 46.0 Å². The van der Waals surface area contributed by atoms with Gasteiger partial charge in [-0.2, -0.15) is 0 Å². The average Bonchev–Trinajstić information content (AvgIpc) is 3.63. The first-order valence-corrected chi connectivity index (χ1v) is 14.0. The highest BCUT2D eigenvalue weighted by atomic mass is 16.8. The van der Waals surface area contributed by atoms with Crippen LogP contribution in [-0.2, 0) is 15.3 Å². The number of aromatic hydroxyl groups is 6. The van der Waals surface area contributed by atoms with Gasteiger partial charge in [-0.25, -0.2) is 0 Å². The number of Topliss-reactive ketones (excluding diaryl/α,β-unsaturated/α-hetero) is 1. The van der Waals surface area contributed by atoms with Gasteiger partial charge in [0.2, 0.25) is 0 Å². The number of phenolic OH excluding ortho intramolecular Hbond substituents is 6. The Morgan fingerprint density at radius 3 is 2.27 bits per heavy atom. The van der Waals surface area contributed by atoms with Crippen molar-refractivity contribution < 1.29 is 49.6 Å². The Labute approximate surface area is 250 Å². The molecule has 4 aliphatic rings. The van der Waals surface area contributed by atoms with Gasteiger partial charge in [-0.05, 0) is 66.6 Å². The molecule has 10 nitrogen and oxygen atoms in total. The van der Waals surface area contributed by atoms with Gasteiger partial charge in [0.1, 0.15) is 46.0 Å². The molecule has 0 radical (unpaired) electrons. The van der Waals surface area contributed by atoms with E-state index in [1.165, 1.54) is 42.5 Å². The van der Waals surface area contributed by atoms with Gasteiger partial charge in [-0.15, -0.1) is 0 Å². The summed E-state index contributed by atoms with van der Waals surface area (Å²) < 4.78 is 19.4. The number of ether oxygens (including phenoxy) is 3. The van der Waals surface area contributed by atoms with Crippen molar-refractivity contribution in [1.82, 2.24) is 0 Å². The molecule has 5 unspecified atom stereocenters. The monoisotopic (exact) mass is 594 g/mol. The molecule has 4 aromatic carbocycles. The summed E-state index contributed by atoms with van der Waals surface area (Å²) in [7, 11) is 0. The van der Waals surface area contributed by atoms with Crippen LogP contribution in [0.2, 0.25) is 0 Å². The lowest BCUT2D eigenvalue weighted by Crippen LogP contribution is -2.59. The predicted molar refractivity (Wildman–Crippen MR) is 155 cm³/mol. The second-order valence-corrected chi connectivity index (χ2v) is 12.0.